The van der Waals surface area contributed by atoms with Crippen molar-refractivity contribution in [2.24, 2.45) is 11.3 Å². The molecular formula is C22H31FN3O2+. The van der Waals surface area contributed by atoms with E-state index in [9.17, 15) is 14.3 Å². The smallest absolute Gasteiger partial charge is 0.223 e. The molecule has 1 aromatic rings. The Morgan fingerprint density at radius 1 is 1.36 bits per heavy atom. The minimum atomic E-state index is -0.616. The van der Waals surface area contributed by atoms with Crippen molar-refractivity contribution < 1.29 is 19.6 Å². The Hall–Kier alpha value is -1.79. The van der Waals surface area contributed by atoms with Gasteiger partial charge in [-0.25, -0.2) is 4.39 Å². The van der Waals surface area contributed by atoms with Crippen LogP contribution in [0, 0.1) is 22.6 Å². The fraction of sp³-hybridized carbons (Fsp3) is 0.636. The standard InChI is InChI=1S/C22H30FN3O2/c1-13(20(24)19-16(23)5-4-6-17(19)25-3)7-18(27)26-14-8-21(2)9-15(26)11-22(28,10-14)12-21/h4-6,13-15,24-25,28H,7-12H2,1-3H3/p+1. The molecule has 5 rings (SSSR count). The van der Waals surface area contributed by atoms with Gasteiger partial charge in [0.05, 0.1) is 23.9 Å². The Morgan fingerprint density at radius 3 is 2.57 bits per heavy atom. The van der Waals surface area contributed by atoms with E-state index in [-0.39, 0.29) is 41.5 Å². The Morgan fingerprint density at radius 2 is 2.00 bits per heavy atom. The molecule has 4 aliphatic rings. The summed E-state index contributed by atoms with van der Waals surface area (Å²) in [6.07, 6.45) is 4.28. The van der Waals surface area contributed by atoms with Crippen molar-refractivity contribution in [1.82, 2.24) is 4.90 Å². The van der Waals surface area contributed by atoms with Crippen LogP contribution < -0.4 is 5.32 Å². The minimum absolute atomic E-state index is 0.0385. The third-order valence-electron chi connectivity index (χ3n) is 7.12. The molecule has 4 N–H and O–H groups in total. The topological polar surface area (TPSA) is 81.0 Å². The van der Waals surface area contributed by atoms with E-state index in [1.807, 2.05) is 18.9 Å². The van der Waals surface area contributed by atoms with Crippen molar-refractivity contribution in [2.45, 2.75) is 70.1 Å². The van der Waals surface area contributed by atoms with Crippen LogP contribution in [-0.2, 0) is 4.79 Å². The van der Waals surface area contributed by atoms with Gasteiger partial charge in [-0.3, -0.25) is 4.79 Å². The van der Waals surface area contributed by atoms with Gasteiger partial charge in [0.15, 0.2) is 0 Å². The highest BCUT2D eigenvalue weighted by Crippen LogP contribution is 2.57. The highest BCUT2D eigenvalue weighted by atomic mass is 19.1. The number of hydrogen-bond donors (Lipinski definition) is 3. The number of halogens is 1. The zero-order valence-electron chi connectivity index (χ0n) is 17.0. The van der Waals surface area contributed by atoms with E-state index >= 15 is 0 Å². The van der Waals surface area contributed by atoms with E-state index in [0.29, 0.717) is 24.1 Å². The van der Waals surface area contributed by atoms with Gasteiger partial charge in [-0.2, -0.15) is 0 Å². The Balaban J connectivity index is 1.50. The van der Waals surface area contributed by atoms with Crippen LogP contribution in [0.5, 0.6) is 0 Å². The maximum absolute atomic E-state index is 14.4. The van der Waals surface area contributed by atoms with Crippen molar-refractivity contribution in [3.8, 4) is 0 Å². The number of benzene rings is 1. The molecule has 4 fully saturated rings. The molecule has 6 heteroatoms. The quantitative estimate of drug-likeness (QED) is 0.535. The zero-order chi connectivity index (χ0) is 20.3. The number of aliphatic hydroxyl groups is 1. The minimum Gasteiger partial charge on any atom is -0.390 e. The van der Waals surface area contributed by atoms with Crippen molar-refractivity contribution in [1.29, 1.82) is 5.41 Å². The van der Waals surface area contributed by atoms with Crippen LogP contribution in [0.1, 0.15) is 57.9 Å². The SMILES string of the molecule is C[NH2+]c1cccc(F)c1C(=N)C(C)CC(=O)N1C2CC3(C)CC1CC(O)(C2)C3. The monoisotopic (exact) mass is 388 g/mol. The number of amides is 1. The van der Waals surface area contributed by atoms with Crippen LogP contribution in [0.25, 0.3) is 0 Å². The molecule has 2 saturated carbocycles. The lowest BCUT2D eigenvalue weighted by atomic mass is 9.54. The second kappa shape index (κ2) is 6.63. The largest absolute Gasteiger partial charge is 0.390 e. The number of nitrogens with one attached hydrogen (secondary N) is 1. The lowest BCUT2D eigenvalue weighted by Gasteiger charge is -2.63. The van der Waals surface area contributed by atoms with E-state index in [2.05, 4.69) is 6.92 Å². The van der Waals surface area contributed by atoms with Crippen LogP contribution in [0.4, 0.5) is 10.1 Å². The molecule has 3 atom stereocenters. The third-order valence-corrected chi connectivity index (χ3v) is 7.12. The summed E-state index contributed by atoms with van der Waals surface area (Å²) in [5.74, 6) is -0.736. The predicted molar refractivity (Wildman–Crippen MR) is 105 cm³/mol. The molecule has 2 heterocycles. The second-order valence-corrected chi connectivity index (χ2v) is 9.65. The second-order valence-electron chi connectivity index (χ2n) is 9.65. The van der Waals surface area contributed by atoms with Crippen LogP contribution in [0.2, 0.25) is 0 Å². The van der Waals surface area contributed by atoms with E-state index < -0.39 is 11.4 Å². The first-order valence-electron chi connectivity index (χ1n) is 10.3. The number of hydrogen-bond acceptors (Lipinski definition) is 3. The maximum atomic E-state index is 14.4. The first kappa shape index (κ1) is 19.5. The molecule has 0 spiro atoms. The fourth-order valence-electron chi connectivity index (χ4n) is 6.29. The summed E-state index contributed by atoms with van der Waals surface area (Å²) in [6.45, 7) is 4.07. The van der Waals surface area contributed by atoms with Crippen LogP contribution in [-0.4, -0.2) is 46.4 Å². The fourth-order valence-corrected chi connectivity index (χ4v) is 6.29. The maximum Gasteiger partial charge on any atom is 0.223 e. The number of carbonyl (C=O) groups excluding carboxylic acids is 1. The zero-order valence-corrected chi connectivity index (χ0v) is 17.0. The van der Waals surface area contributed by atoms with Gasteiger partial charge < -0.3 is 20.7 Å². The van der Waals surface area contributed by atoms with Gasteiger partial charge in [0.25, 0.3) is 0 Å². The van der Waals surface area contributed by atoms with E-state index in [4.69, 9.17) is 5.41 Å². The molecule has 152 valence electrons. The Labute approximate surface area is 165 Å². The van der Waals surface area contributed by atoms with E-state index in [1.165, 1.54) is 6.07 Å². The average Bonchev–Trinajstić information content (AvgIpc) is 2.57. The van der Waals surface area contributed by atoms with Crippen LogP contribution in [0.3, 0.4) is 0 Å². The summed E-state index contributed by atoms with van der Waals surface area (Å²) in [5.41, 5.74) is 0.681. The molecule has 2 saturated heterocycles. The molecule has 5 nitrogen and oxygen atoms in total. The molecule has 0 radical (unpaired) electrons. The Bertz CT molecular complexity index is 788. The van der Waals surface area contributed by atoms with E-state index in [1.54, 1.807) is 17.4 Å². The molecule has 3 unspecified atom stereocenters. The number of carbonyl (C=O) groups is 1. The van der Waals surface area contributed by atoms with Crippen molar-refractivity contribution >= 4 is 17.3 Å². The number of quaternary nitrogens is 1. The molecule has 2 aliphatic heterocycles. The summed E-state index contributed by atoms with van der Waals surface area (Å²) < 4.78 is 14.4. The van der Waals surface area contributed by atoms with Gasteiger partial charge in [-0.1, -0.05) is 19.9 Å². The van der Waals surface area contributed by atoms with Gasteiger partial charge in [0.1, 0.15) is 11.5 Å². The highest BCUT2D eigenvalue weighted by molar-refractivity contribution is 6.04. The summed E-state index contributed by atoms with van der Waals surface area (Å²) >= 11 is 0. The first-order chi connectivity index (χ1) is 13.1. The summed E-state index contributed by atoms with van der Waals surface area (Å²) in [5, 5.41) is 21.2. The van der Waals surface area contributed by atoms with Gasteiger partial charge >= 0.3 is 0 Å². The lowest BCUT2D eigenvalue weighted by Crippen LogP contribution is -2.73. The van der Waals surface area contributed by atoms with E-state index in [0.717, 1.165) is 19.3 Å². The third kappa shape index (κ3) is 3.16. The predicted octanol–water partition coefficient (Wildman–Crippen LogP) is 2.34. The number of nitrogens with zero attached hydrogens (tertiary/aromatic N) is 1. The molecule has 4 bridgehead atoms. The van der Waals surface area contributed by atoms with Gasteiger partial charge in [0.2, 0.25) is 5.91 Å². The molecule has 0 aromatic heterocycles. The average molecular weight is 389 g/mol. The van der Waals surface area contributed by atoms with Gasteiger partial charge in [-0.15, -0.1) is 0 Å². The molecule has 1 aromatic carbocycles. The van der Waals surface area contributed by atoms with Gasteiger partial charge in [-0.05, 0) is 49.7 Å². The van der Waals surface area contributed by atoms with Crippen LogP contribution >= 0.6 is 0 Å². The Kier molecular flexibility index (Phi) is 4.62. The molecular weight excluding hydrogens is 357 g/mol. The summed E-state index contributed by atoms with van der Waals surface area (Å²) in [7, 11) is 1.83. The van der Waals surface area contributed by atoms with Crippen molar-refractivity contribution in [3.63, 3.8) is 0 Å². The first-order valence-corrected chi connectivity index (χ1v) is 10.3. The normalized spacial score (nSPS) is 34.5. The molecule has 28 heavy (non-hydrogen) atoms. The number of piperidine rings is 2. The summed E-state index contributed by atoms with van der Waals surface area (Å²) in [6, 6.07) is 5.00. The summed E-state index contributed by atoms with van der Waals surface area (Å²) in [4.78, 5) is 15.2. The lowest BCUT2D eigenvalue weighted by molar-refractivity contribution is -0.539. The molecule has 2 aliphatic carbocycles. The molecule has 1 amide bonds. The number of nitrogens with two attached hydrogens (primary N) is 1. The number of rotatable bonds is 5. The van der Waals surface area contributed by atoms with Crippen molar-refractivity contribution in [3.05, 3.63) is 29.6 Å². The highest BCUT2D eigenvalue weighted by Gasteiger charge is 2.59. The van der Waals surface area contributed by atoms with Gasteiger partial charge in [0, 0.05) is 24.4 Å². The van der Waals surface area contributed by atoms with Crippen LogP contribution in [0.15, 0.2) is 18.2 Å². The van der Waals surface area contributed by atoms with Crippen molar-refractivity contribution in [2.75, 3.05) is 7.05 Å².